The van der Waals surface area contributed by atoms with Gasteiger partial charge < -0.3 is 15.0 Å². The molecule has 3 aromatic carbocycles. The van der Waals surface area contributed by atoms with E-state index in [2.05, 4.69) is 74.3 Å². The number of nitrogens with one attached hydrogen (secondary N) is 1. The van der Waals surface area contributed by atoms with Crippen molar-refractivity contribution in [1.82, 2.24) is 19.4 Å². The molecule has 38 heavy (non-hydrogen) atoms. The first-order valence-electron chi connectivity index (χ1n) is 13.2. The van der Waals surface area contributed by atoms with E-state index in [4.69, 9.17) is 0 Å². The molecule has 0 spiro atoms. The van der Waals surface area contributed by atoms with Crippen molar-refractivity contribution in [2.24, 2.45) is 0 Å². The summed E-state index contributed by atoms with van der Waals surface area (Å²) in [6, 6.07) is 26.4. The molecule has 1 aromatic heterocycles. The van der Waals surface area contributed by atoms with Crippen molar-refractivity contribution >= 4 is 33.1 Å². The third kappa shape index (κ3) is 6.19. The van der Waals surface area contributed by atoms with Crippen molar-refractivity contribution in [2.45, 2.75) is 50.9 Å². The first-order valence-corrected chi connectivity index (χ1v) is 14.0. The van der Waals surface area contributed by atoms with Gasteiger partial charge in [0, 0.05) is 36.2 Å². The maximum Gasteiger partial charge on any atom is 0.407 e. The first kappa shape index (κ1) is 26.3. The molecule has 0 bridgehead atoms. The molecule has 1 aliphatic heterocycles. The normalized spacial score (nSPS) is 17.8. The van der Waals surface area contributed by atoms with Crippen LogP contribution in [-0.2, 0) is 13.1 Å². The summed E-state index contributed by atoms with van der Waals surface area (Å²) >= 11 is 3.52. The number of likely N-dealkylation sites (tertiary alicyclic amines) is 1. The van der Waals surface area contributed by atoms with Crippen LogP contribution in [0.25, 0.3) is 11.0 Å². The molecule has 2 N–H and O–H groups in total. The topological polar surface area (TPSA) is 81.6 Å². The van der Waals surface area contributed by atoms with Gasteiger partial charge in [-0.25, -0.2) is 9.59 Å². The Labute approximate surface area is 230 Å². The second-order valence-electron chi connectivity index (χ2n) is 10.1. The number of amides is 1. The summed E-state index contributed by atoms with van der Waals surface area (Å²) in [5, 5.41) is 9.91. The molecule has 1 amide bonds. The zero-order valence-electron chi connectivity index (χ0n) is 21.3. The highest BCUT2D eigenvalue weighted by molar-refractivity contribution is 9.10. The van der Waals surface area contributed by atoms with Crippen molar-refractivity contribution in [3.05, 3.63) is 105 Å². The summed E-state index contributed by atoms with van der Waals surface area (Å²) in [5.74, 6) is 0. The second-order valence-corrected chi connectivity index (χ2v) is 11.0. The number of imidazole rings is 1. The molecule has 1 fully saturated rings. The molecule has 1 aliphatic rings. The molecule has 2 atom stereocenters. The number of carboxylic acid groups (broad SMARTS) is 1. The van der Waals surface area contributed by atoms with Crippen molar-refractivity contribution in [3.8, 4) is 0 Å². The van der Waals surface area contributed by atoms with E-state index in [0.717, 1.165) is 48.0 Å². The van der Waals surface area contributed by atoms with E-state index in [0.29, 0.717) is 19.4 Å². The Morgan fingerprint density at radius 1 is 0.974 bits per heavy atom. The summed E-state index contributed by atoms with van der Waals surface area (Å²) in [4.78, 5) is 31.8. The van der Waals surface area contributed by atoms with E-state index in [1.807, 2.05) is 34.9 Å². The Morgan fingerprint density at radius 2 is 1.66 bits per heavy atom. The summed E-state index contributed by atoms with van der Waals surface area (Å²) in [6.45, 7) is 2.94. The quantitative estimate of drug-likeness (QED) is 0.246. The van der Waals surface area contributed by atoms with Gasteiger partial charge in [-0.1, -0.05) is 70.5 Å². The maximum atomic E-state index is 12.8. The van der Waals surface area contributed by atoms with Crippen LogP contribution in [0.15, 0.2) is 88.1 Å². The largest absolute Gasteiger partial charge is 0.465 e. The summed E-state index contributed by atoms with van der Waals surface area (Å²) in [5.41, 5.74) is 4.08. The van der Waals surface area contributed by atoms with Crippen molar-refractivity contribution in [2.75, 3.05) is 13.1 Å². The molecule has 0 radical (unpaired) electrons. The number of carbonyl (C=O) groups is 1. The van der Waals surface area contributed by atoms with Crippen LogP contribution in [0.3, 0.4) is 0 Å². The molecule has 198 valence electrons. The van der Waals surface area contributed by atoms with Gasteiger partial charge in [-0.05, 0) is 67.6 Å². The minimum Gasteiger partial charge on any atom is -0.465 e. The second kappa shape index (κ2) is 12.0. The number of nitrogens with zero attached hydrogens (tertiary/aromatic N) is 3. The lowest BCUT2D eigenvalue weighted by Crippen LogP contribution is -2.47. The van der Waals surface area contributed by atoms with Gasteiger partial charge in [-0.15, -0.1) is 0 Å². The van der Waals surface area contributed by atoms with Crippen LogP contribution >= 0.6 is 15.9 Å². The molecule has 1 saturated heterocycles. The number of fused-ring (bicyclic) bond motifs is 1. The highest BCUT2D eigenvalue weighted by Gasteiger charge is 2.33. The highest BCUT2D eigenvalue weighted by atomic mass is 79.9. The predicted molar refractivity (Wildman–Crippen MR) is 153 cm³/mol. The number of aromatic nitrogens is 2. The van der Waals surface area contributed by atoms with E-state index < -0.39 is 6.09 Å². The monoisotopic (exact) mass is 576 g/mol. The standard InChI is InChI=1S/C30H33BrN4O3/c31-24-14-12-23(13-15-24)21-33(20-22-7-2-1-3-8-22)17-6-9-25-19-26(16-18-34(25)30(37)38)35-28-11-5-4-10-27(28)32-29(35)36/h1-5,7-8,10-15,25-26H,6,9,16-21H2,(H,32,36)(H,37,38)/t25-,26-/m0/s1. The molecule has 8 heteroatoms. The first-order chi connectivity index (χ1) is 18.5. The van der Waals surface area contributed by atoms with Crippen LogP contribution in [-0.4, -0.2) is 49.7 Å². The lowest BCUT2D eigenvalue weighted by molar-refractivity contribution is 0.0853. The van der Waals surface area contributed by atoms with Gasteiger partial charge in [0.2, 0.25) is 0 Å². The Kier molecular flexibility index (Phi) is 8.29. The van der Waals surface area contributed by atoms with E-state index in [1.165, 1.54) is 11.1 Å². The number of H-pyrrole nitrogens is 1. The van der Waals surface area contributed by atoms with Gasteiger partial charge in [-0.2, -0.15) is 0 Å². The average molecular weight is 578 g/mol. The SMILES string of the molecule is O=C(O)N1CC[C@H](n2c(=O)[nH]c3ccccc32)C[C@@H]1CCCN(Cc1ccccc1)Cc1ccc(Br)cc1. The number of hydrogen-bond acceptors (Lipinski definition) is 3. The number of rotatable bonds is 9. The number of halogens is 1. The molecular formula is C30H33BrN4O3. The molecular weight excluding hydrogens is 544 g/mol. The predicted octanol–water partition coefficient (Wildman–Crippen LogP) is 6.26. The summed E-state index contributed by atoms with van der Waals surface area (Å²) in [6.07, 6.45) is 2.02. The Morgan fingerprint density at radius 3 is 2.39 bits per heavy atom. The van der Waals surface area contributed by atoms with Gasteiger partial charge in [0.25, 0.3) is 0 Å². The van der Waals surface area contributed by atoms with Crippen LogP contribution < -0.4 is 5.69 Å². The molecule has 0 unspecified atom stereocenters. The summed E-state index contributed by atoms with van der Waals surface area (Å²) in [7, 11) is 0. The highest BCUT2D eigenvalue weighted by Crippen LogP contribution is 2.31. The molecule has 0 saturated carbocycles. The van der Waals surface area contributed by atoms with Crippen LogP contribution in [0, 0.1) is 0 Å². The number of aromatic amines is 1. The minimum atomic E-state index is -0.879. The van der Waals surface area contributed by atoms with Gasteiger partial charge in [0.15, 0.2) is 0 Å². The van der Waals surface area contributed by atoms with Crippen molar-refractivity contribution in [3.63, 3.8) is 0 Å². The Balaban J connectivity index is 1.28. The van der Waals surface area contributed by atoms with Gasteiger partial charge in [0.05, 0.1) is 11.0 Å². The fourth-order valence-corrected chi connectivity index (χ4v) is 5.95. The Hall–Kier alpha value is -3.36. The lowest BCUT2D eigenvalue weighted by atomic mass is 9.93. The van der Waals surface area contributed by atoms with Gasteiger partial charge >= 0.3 is 11.8 Å². The minimum absolute atomic E-state index is 0.0255. The summed E-state index contributed by atoms with van der Waals surface area (Å²) < 4.78 is 2.89. The fourth-order valence-electron chi connectivity index (χ4n) is 5.68. The number of benzene rings is 3. The smallest absolute Gasteiger partial charge is 0.407 e. The van der Waals surface area contributed by atoms with Crippen LogP contribution in [0.1, 0.15) is 42.9 Å². The van der Waals surface area contributed by atoms with Crippen molar-refractivity contribution < 1.29 is 9.90 Å². The van der Waals surface area contributed by atoms with E-state index in [9.17, 15) is 14.7 Å². The Bertz CT molecular complexity index is 1420. The third-order valence-corrected chi connectivity index (χ3v) is 8.03. The number of para-hydroxylation sites is 2. The third-order valence-electron chi connectivity index (χ3n) is 7.50. The molecule has 5 rings (SSSR count). The van der Waals surface area contributed by atoms with E-state index >= 15 is 0 Å². The van der Waals surface area contributed by atoms with Crippen LogP contribution in [0.4, 0.5) is 4.79 Å². The molecule has 7 nitrogen and oxygen atoms in total. The van der Waals surface area contributed by atoms with Crippen molar-refractivity contribution in [1.29, 1.82) is 0 Å². The van der Waals surface area contributed by atoms with Crippen LogP contribution in [0.5, 0.6) is 0 Å². The van der Waals surface area contributed by atoms with E-state index in [-0.39, 0.29) is 17.8 Å². The molecule has 4 aromatic rings. The van der Waals surface area contributed by atoms with Crippen LogP contribution in [0.2, 0.25) is 0 Å². The average Bonchev–Trinajstić information content (AvgIpc) is 3.26. The van der Waals surface area contributed by atoms with E-state index in [1.54, 1.807) is 4.90 Å². The fraction of sp³-hybridized carbons (Fsp3) is 0.333. The molecule has 2 heterocycles. The number of hydrogen-bond donors (Lipinski definition) is 2. The zero-order valence-corrected chi connectivity index (χ0v) is 22.9. The lowest BCUT2D eigenvalue weighted by Gasteiger charge is -2.38. The molecule has 0 aliphatic carbocycles. The van der Waals surface area contributed by atoms with Gasteiger partial charge in [-0.3, -0.25) is 9.47 Å². The zero-order chi connectivity index (χ0) is 26.5. The number of piperidine rings is 1. The maximum absolute atomic E-state index is 12.8. The van der Waals surface area contributed by atoms with Gasteiger partial charge in [0.1, 0.15) is 0 Å².